The van der Waals surface area contributed by atoms with Crippen LogP contribution in [0.25, 0.3) is 0 Å². The summed E-state index contributed by atoms with van der Waals surface area (Å²) in [6.45, 7) is 11.2. The van der Waals surface area contributed by atoms with Gasteiger partial charge in [0.15, 0.2) is 11.6 Å². The first kappa shape index (κ1) is 27.0. The van der Waals surface area contributed by atoms with Crippen LogP contribution in [0.3, 0.4) is 0 Å². The van der Waals surface area contributed by atoms with Crippen LogP contribution in [0, 0.1) is 53.4 Å². The quantitative estimate of drug-likeness (QED) is 0.383. The minimum atomic E-state index is -1.08. The van der Waals surface area contributed by atoms with Crippen LogP contribution in [0.5, 0.6) is 0 Å². The molecule has 0 N–H and O–H groups in total. The molecule has 0 bridgehead atoms. The maximum absolute atomic E-state index is 13.9. The molecule has 6 heteroatoms. The second-order valence-electron chi connectivity index (χ2n) is 9.05. The Morgan fingerprint density at radius 1 is 0.588 bits per heavy atom. The summed E-state index contributed by atoms with van der Waals surface area (Å²) in [5.74, 6) is -4.13. The van der Waals surface area contributed by atoms with Gasteiger partial charge in [0.2, 0.25) is 0 Å². The summed E-state index contributed by atoms with van der Waals surface area (Å²) < 4.78 is 9.72. The number of Topliss-reactive ketones (excluding diaryl/α,β-unsaturated/α-hetero) is 2. The fourth-order valence-corrected chi connectivity index (χ4v) is 4.87. The molecule has 0 heterocycles. The SMILES string of the molecule is COC(=O)CC(C(=O)c1c(C)cc(C)cc1C)C(CC(=O)OC)C(=O)c1c(C)cc(C)cc1C. The Morgan fingerprint density at radius 2 is 0.853 bits per heavy atom. The summed E-state index contributed by atoms with van der Waals surface area (Å²) in [6, 6.07) is 7.56. The number of rotatable bonds is 9. The lowest BCUT2D eigenvalue weighted by molar-refractivity contribution is -0.144. The number of methoxy groups -OCH3 is 2. The number of esters is 2. The summed E-state index contributed by atoms with van der Waals surface area (Å²) in [5, 5.41) is 0. The molecule has 0 saturated heterocycles. The summed E-state index contributed by atoms with van der Waals surface area (Å²) in [4.78, 5) is 52.6. The first-order chi connectivity index (χ1) is 15.9. The first-order valence-electron chi connectivity index (χ1n) is 11.3. The van der Waals surface area contributed by atoms with E-state index in [0.29, 0.717) is 11.1 Å². The lowest BCUT2D eigenvalue weighted by Gasteiger charge is -2.26. The molecule has 0 aliphatic heterocycles. The minimum Gasteiger partial charge on any atom is -0.469 e. The predicted octanol–water partition coefficient (Wildman–Crippen LogP) is 4.96. The Hall–Kier alpha value is -3.28. The van der Waals surface area contributed by atoms with Gasteiger partial charge < -0.3 is 9.47 Å². The molecule has 0 fully saturated rings. The van der Waals surface area contributed by atoms with Crippen LogP contribution in [0.2, 0.25) is 0 Å². The van der Waals surface area contributed by atoms with E-state index in [1.165, 1.54) is 14.2 Å². The van der Waals surface area contributed by atoms with E-state index in [9.17, 15) is 19.2 Å². The van der Waals surface area contributed by atoms with Gasteiger partial charge in [0.25, 0.3) is 0 Å². The van der Waals surface area contributed by atoms with Gasteiger partial charge in [0, 0.05) is 23.0 Å². The molecule has 0 saturated carbocycles. The average Bonchev–Trinajstić information content (AvgIpc) is 2.73. The fourth-order valence-electron chi connectivity index (χ4n) is 4.87. The molecule has 0 radical (unpaired) electrons. The monoisotopic (exact) mass is 466 g/mol. The van der Waals surface area contributed by atoms with E-state index in [1.807, 2.05) is 65.8 Å². The number of carbonyl (C=O) groups excluding carboxylic acids is 4. The van der Waals surface area contributed by atoms with Crippen molar-refractivity contribution in [3.8, 4) is 0 Å². The third-order valence-corrected chi connectivity index (χ3v) is 6.23. The highest BCUT2D eigenvalue weighted by molar-refractivity contribution is 6.09. The number of hydrogen-bond acceptors (Lipinski definition) is 6. The molecule has 0 aliphatic rings. The molecule has 0 aromatic heterocycles. The van der Waals surface area contributed by atoms with Gasteiger partial charge in [-0.3, -0.25) is 19.2 Å². The largest absolute Gasteiger partial charge is 0.469 e. The minimum absolute atomic E-state index is 0.320. The van der Waals surface area contributed by atoms with Gasteiger partial charge >= 0.3 is 11.9 Å². The standard InChI is InChI=1S/C28H34O6/c1-15-9-17(3)25(18(4)10-15)27(31)21(13-23(29)33-7)22(14-24(30)34-8)28(32)26-19(5)11-16(2)12-20(26)6/h9-12,21-22H,13-14H2,1-8H3. The number of hydrogen-bond donors (Lipinski definition) is 0. The van der Waals surface area contributed by atoms with E-state index in [1.54, 1.807) is 0 Å². The van der Waals surface area contributed by atoms with Crippen molar-refractivity contribution in [1.29, 1.82) is 0 Å². The topological polar surface area (TPSA) is 86.7 Å². The molecular weight excluding hydrogens is 432 g/mol. The molecule has 0 amide bonds. The summed E-state index contributed by atoms with van der Waals surface area (Å²) in [7, 11) is 2.47. The Morgan fingerprint density at radius 3 is 1.09 bits per heavy atom. The van der Waals surface area contributed by atoms with Gasteiger partial charge in [-0.25, -0.2) is 0 Å². The smallest absolute Gasteiger partial charge is 0.306 e. The Labute approximate surface area is 201 Å². The maximum Gasteiger partial charge on any atom is 0.306 e. The molecule has 0 spiro atoms. The van der Waals surface area contributed by atoms with Crippen molar-refractivity contribution in [2.75, 3.05) is 14.2 Å². The van der Waals surface area contributed by atoms with Crippen LogP contribution in [-0.4, -0.2) is 37.7 Å². The van der Waals surface area contributed by atoms with E-state index in [4.69, 9.17) is 9.47 Å². The molecule has 2 aromatic carbocycles. The second-order valence-corrected chi connectivity index (χ2v) is 9.05. The second kappa shape index (κ2) is 11.2. The zero-order valence-electron chi connectivity index (χ0n) is 21.3. The Kier molecular flexibility index (Phi) is 8.91. The lowest BCUT2D eigenvalue weighted by Crippen LogP contribution is -2.35. The summed E-state index contributed by atoms with van der Waals surface area (Å²) in [5.41, 5.74) is 5.94. The molecule has 2 rings (SSSR count). The van der Waals surface area contributed by atoms with Crippen molar-refractivity contribution in [2.45, 2.75) is 54.4 Å². The predicted molar refractivity (Wildman–Crippen MR) is 130 cm³/mol. The first-order valence-corrected chi connectivity index (χ1v) is 11.3. The van der Waals surface area contributed by atoms with Crippen molar-refractivity contribution >= 4 is 23.5 Å². The molecular formula is C28H34O6. The van der Waals surface area contributed by atoms with Crippen LogP contribution in [0.1, 0.15) is 66.9 Å². The zero-order chi connectivity index (χ0) is 25.7. The molecule has 2 atom stereocenters. The van der Waals surface area contributed by atoms with E-state index in [0.717, 1.165) is 33.4 Å². The maximum atomic E-state index is 13.9. The number of ether oxygens (including phenoxy) is 2. The van der Waals surface area contributed by atoms with Crippen LogP contribution >= 0.6 is 0 Å². The van der Waals surface area contributed by atoms with Crippen LogP contribution in [-0.2, 0) is 19.1 Å². The highest BCUT2D eigenvalue weighted by Gasteiger charge is 2.39. The third-order valence-electron chi connectivity index (χ3n) is 6.23. The summed E-state index contributed by atoms with van der Waals surface area (Å²) >= 11 is 0. The Balaban J connectivity index is 2.71. The number of carbonyl (C=O) groups is 4. The number of aryl methyl sites for hydroxylation is 6. The molecule has 0 aliphatic carbocycles. The van der Waals surface area contributed by atoms with Gasteiger partial charge in [0.1, 0.15) is 0 Å². The number of ketones is 2. The van der Waals surface area contributed by atoms with Crippen molar-refractivity contribution in [3.63, 3.8) is 0 Å². The van der Waals surface area contributed by atoms with E-state index in [-0.39, 0.29) is 24.4 Å². The van der Waals surface area contributed by atoms with Crippen molar-refractivity contribution in [3.05, 3.63) is 68.8 Å². The van der Waals surface area contributed by atoms with Gasteiger partial charge in [-0.1, -0.05) is 35.4 Å². The molecule has 2 aromatic rings. The van der Waals surface area contributed by atoms with Gasteiger partial charge in [-0.15, -0.1) is 0 Å². The van der Waals surface area contributed by atoms with Crippen LogP contribution in [0.4, 0.5) is 0 Å². The van der Waals surface area contributed by atoms with Gasteiger partial charge in [-0.2, -0.15) is 0 Å². The molecule has 182 valence electrons. The fraction of sp³-hybridized carbons (Fsp3) is 0.429. The molecule has 2 unspecified atom stereocenters. The van der Waals surface area contributed by atoms with Gasteiger partial charge in [-0.05, 0) is 63.8 Å². The van der Waals surface area contributed by atoms with Crippen molar-refractivity contribution < 1.29 is 28.7 Å². The van der Waals surface area contributed by atoms with E-state index >= 15 is 0 Å². The van der Waals surface area contributed by atoms with Crippen molar-refractivity contribution in [2.24, 2.45) is 11.8 Å². The van der Waals surface area contributed by atoms with Crippen molar-refractivity contribution in [1.82, 2.24) is 0 Å². The third kappa shape index (κ3) is 5.99. The lowest BCUT2D eigenvalue weighted by atomic mass is 9.75. The van der Waals surface area contributed by atoms with Crippen LogP contribution in [0.15, 0.2) is 24.3 Å². The highest BCUT2D eigenvalue weighted by Crippen LogP contribution is 2.33. The average molecular weight is 467 g/mol. The molecule has 6 nitrogen and oxygen atoms in total. The van der Waals surface area contributed by atoms with E-state index < -0.39 is 23.8 Å². The summed E-state index contributed by atoms with van der Waals surface area (Å²) in [6.07, 6.45) is -0.640. The number of benzene rings is 2. The van der Waals surface area contributed by atoms with E-state index in [2.05, 4.69) is 0 Å². The van der Waals surface area contributed by atoms with Crippen LogP contribution < -0.4 is 0 Å². The molecule has 34 heavy (non-hydrogen) atoms. The highest BCUT2D eigenvalue weighted by atomic mass is 16.5. The Bertz CT molecular complexity index is 992. The zero-order valence-corrected chi connectivity index (χ0v) is 21.3. The normalized spacial score (nSPS) is 12.6. The van der Waals surface area contributed by atoms with Gasteiger partial charge in [0.05, 0.1) is 27.1 Å².